The van der Waals surface area contributed by atoms with Crippen molar-refractivity contribution in [3.05, 3.63) is 119 Å². The third-order valence-corrected chi connectivity index (χ3v) is 18.5. The number of nitrogens with zero attached hydrogens (tertiary/aromatic N) is 1. The maximum atomic E-state index is 2.69. The van der Waals surface area contributed by atoms with E-state index in [-0.39, 0.29) is 5.41 Å². The molecule has 1 heterocycles. The van der Waals surface area contributed by atoms with Gasteiger partial charge in [0.15, 0.2) is 0 Å². The molecule has 1 atom stereocenters. The Morgan fingerprint density at radius 2 is 1.24 bits per heavy atom. The first-order chi connectivity index (χ1) is 26.8. The Hall–Kier alpha value is -3.62. The highest BCUT2D eigenvalue weighted by molar-refractivity contribution is 7.25. The number of allylic oxidation sites excluding steroid dienone is 3. The summed E-state index contributed by atoms with van der Waals surface area (Å²) in [5.74, 6) is 6.60. The zero-order valence-electron chi connectivity index (χ0n) is 32.8. The van der Waals surface area contributed by atoms with Crippen LogP contribution in [0.1, 0.15) is 114 Å². The van der Waals surface area contributed by atoms with E-state index in [4.69, 9.17) is 0 Å². The summed E-state index contributed by atoms with van der Waals surface area (Å²) in [4.78, 5) is 2.63. The fourth-order valence-electron chi connectivity index (χ4n) is 16.0. The lowest BCUT2D eigenvalue weighted by Gasteiger charge is -2.59. The van der Waals surface area contributed by atoms with Crippen molar-refractivity contribution >= 4 is 42.9 Å². The molecule has 0 amide bonds. The summed E-state index contributed by atoms with van der Waals surface area (Å²) in [7, 11) is 0. The molecule has 8 saturated carbocycles. The van der Waals surface area contributed by atoms with E-state index >= 15 is 0 Å². The van der Waals surface area contributed by atoms with Gasteiger partial charge < -0.3 is 4.90 Å². The molecule has 0 N–H and O–H groups in total. The topological polar surface area (TPSA) is 3.24 Å². The van der Waals surface area contributed by atoms with Crippen LogP contribution in [0.15, 0.2) is 103 Å². The van der Waals surface area contributed by atoms with Crippen molar-refractivity contribution in [1.29, 1.82) is 0 Å². The van der Waals surface area contributed by atoms with Crippen LogP contribution in [0.2, 0.25) is 0 Å². The maximum Gasteiger partial charge on any atom is 0.0464 e. The number of rotatable bonds is 5. The van der Waals surface area contributed by atoms with Crippen molar-refractivity contribution in [2.45, 2.75) is 108 Å². The van der Waals surface area contributed by atoms with Gasteiger partial charge in [-0.05, 0) is 206 Å². The third kappa shape index (κ3) is 4.64. The smallest absolute Gasteiger partial charge is 0.0464 e. The summed E-state index contributed by atoms with van der Waals surface area (Å²) in [5.41, 5.74) is 12.3. The molecule has 1 nitrogen and oxygen atoms in total. The van der Waals surface area contributed by atoms with E-state index in [1.165, 1.54) is 143 Å². The SMILES string of the molecule is CC1(C)c2cc(N(C3=CCC(C45CC6CC(CC(C6)C4)C5)C=C3)c3ccc(C45CC6CC(CC(C6)C4)C5)cc3)ccc2-c2ccc3sc4ccccc4c3c21. The molecule has 10 aliphatic rings. The standard InChI is InChI=1S/C53H55NS/c1-51(2)46-25-42(15-16-43(46)44-17-18-48-49(50(44)51)45-5-3-4-6-47(45)55-48)54(40-11-7-38(8-12-40)52-26-32-19-33(27-52)21-34(20-32)28-52)41-13-9-39(10-14-41)53-29-35-22-36(30-53)24-37(23-35)31-53/h3-9,11-18,25,32-37,39H,10,19-24,26-31H2,1-2H3. The molecule has 0 saturated heterocycles. The average molecular weight is 738 g/mol. The number of hydrogen-bond donors (Lipinski definition) is 0. The second-order valence-corrected chi connectivity index (χ2v) is 22.1. The van der Waals surface area contributed by atoms with Gasteiger partial charge in [0, 0.05) is 42.7 Å². The van der Waals surface area contributed by atoms with Crippen molar-refractivity contribution in [3.63, 3.8) is 0 Å². The van der Waals surface area contributed by atoms with Crippen molar-refractivity contribution < 1.29 is 0 Å². The molecule has 1 unspecified atom stereocenters. The van der Waals surface area contributed by atoms with Crippen LogP contribution in [-0.4, -0.2) is 0 Å². The van der Waals surface area contributed by atoms with Gasteiger partial charge in [-0.3, -0.25) is 0 Å². The minimum Gasteiger partial charge on any atom is -0.311 e. The molecule has 8 bridgehead atoms. The van der Waals surface area contributed by atoms with Crippen LogP contribution >= 0.6 is 11.3 Å². The van der Waals surface area contributed by atoms with Gasteiger partial charge in [0.05, 0.1) is 0 Å². The highest BCUT2D eigenvalue weighted by Gasteiger charge is 2.54. The van der Waals surface area contributed by atoms with E-state index in [1.807, 2.05) is 11.3 Å². The summed E-state index contributed by atoms with van der Waals surface area (Å²) < 4.78 is 2.80. The minimum atomic E-state index is -0.0988. The highest BCUT2D eigenvalue weighted by atomic mass is 32.1. The molecule has 0 spiro atoms. The Kier molecular flexibility index (Phi) is 6.66. The molecule has 278 valence electrons. The summed E-state index contributed by atoms with van der Waals surface area (Å²) >= 11 is 1.94. The van der Waals surface area contributed by atoms with E-state index < -0.39 is 0 Å². The monoisotopic (exact) mass is 737 g/mol. The van der Waals surface area contributed by atoms with Crippen LogP contribution in [-0.2, 0) is 10.8 Å². The van der Waals surface area contributed by atoms with Crippen LogP contribution in [0.25, 0.3) is 31.3 Å². The van der Waals surface area contributed by atoms with E-state index in [0.29, 0.717) is 16.7 Å². The van der Waals surface area contributed by atoms with Gasteiger partial charge in [-0.2, -0.15) is 0 Å². The van der Waals surface area contributed by atoms with Gasteiger partial charge in [-0.1, -0.05) is 68.5 Å². The highest BCUT2D eigenvalue weighted by Crippen LogP contribution is 2.65. The van der Waals surface area contributed by atoms with Gasteiger partial charge in [0.25, 0.3) is 0 Å². The van der Waals surface area contributed by atoms with Crippen molar-refractivity contribution in [2.24, 2.45) is 46.8 Å². The van der Waals surface area contributed by atoms with Gasteiger partial charge in [0.1, 0.15) is 0 Å². The maximum absolute atomic E-state index is 2.69. The number of anilines is 2. The first kappa shape index (κ1) is 32.5. The first-order valence-electron chi connectivity index (χ1n) is 22.2. The molecule has 55 heavy (non-hydrogen) atoms. The van der Waals surface area contributed by atoms with Gasteiger partial charge in [0.2, 0.25) is 0 Å². The fourth-order valence-corrected chi connectivity index (χ4v) is 17.1. The van der Waals surface area contributed by atoms with Crippen LogP contribution in [0.4, 0.5) is 11.4 Å². The van der Waals surface area contributed by atoms with Gasteiger partial charge in [-0.25, -0.2) is 0 Å². The van der Waals surface area contributed by atoms with E-state index in [2.05, 4.69) is 116 Å². The summed E-state index contributed by atoms with van der Waals surface area (Å²) in [6, 6.07) is 31.4. The summed E-state index contributed by atoms with van der Waals surface area (Å²) in [5, 5.41) is 2.87. The zero-order chi connectivity index (χ0) is 36.3. The average Bonchev–Trinajstić information content (AvgIpc) is 3.66. The lowest BCUT2D eigenvalue weighted by Crippen LogP contribution is -2.49. The van der Waals surface area contributed by atoms with Crippen molar-refractivity contribution in [2.75, 3.05) is 4.90 Å². The zero-order valence-corrected chi connectivity index (χ0v) is 33.6. The number of benzene rings is 4. The molecule has 0 radical (unpaired) electrons. The second kappa shape index (κ2) is 11.3. The van der Waals surface area contributed by atoms with Crippen molar-refractivity contribution in [1.82, 2.24) is 0 Å². The molecule has 10 aliphatic carbocycles. The second-order valence-electron chi connectivity index (χ2n) is 21.0. The molecular formula is C53H55NS. The Balaban J connectivity index is 0.899. The number of fused-ring (bicyclic) bond motifs is 7. The lowest BCUT2D eigenvalue weighted by atomic mass is 9.46. The van der Waals surface area contributed by atoms with Crippen LogP contribution in [0.3, 0.4) is 0 Å². The minimum absolute atomic E-state index is 0.0988. The molecule has 5 aromatic rings. The number of hydrogen-bond acceptors (Lipinski definition) is 2. The predicted molar refractivity (Wildman–Crippen MR) is 231 cm³/mol. The van der Waals surface area contributed by atoms with Crippen LogP contribution < -0.4 is 4.90 Å². The molecule has 4 aromatic carbocycles. The van der Waals surface area contributed by atoms with Gasteiger partial charge in [-0.15, -0.1) is 11.3 Å². The van der Waals surface area contributed by atoms with E-state index in [9.17, 15) is 0 Å². The summed E-state index contributed by atoms with van der Waals surface area (Å²) in [6.07, 6.45) is 26.9. The Bertz CT molecular complexity index is 2400. The predicted octanol–water partition coefficient (Wildman–Crippen LogP) is 14.6. The molecule has 2 heteroatoms. The molecular weight excluding hydrogens is 683 g/mol. The van der Waals surface area contributed by atoms with E-state index in [1.54, 1.807) is 5.56 Å². The molecule has 8 fully saturated rings. The van der Waals surface area contributed by atoms with Crippen LogP contribution in [0, 0.1) is 46.8 Å². The Labute approximate surface area is 331 Å². The normalized spacial score (nSPS) is 35.7. The summed E-state index contributed by atoms with van der Waals surface area (Å²) in [6.45, 7) is 4.96. The largest absolute Gasteiger partial charge is 0.311 e. The number of thiophene rings is 1. The third-order valence-electron chi connectivity index (χ3n) is 17.4. The Morgan fingerprint density at radius 1 is 0.618 bits per heavy atom. The van der Waals surface area contributed by atoms with E-state index in [0.717, 1.165) is 35.5 Å². The molecule has 15 rings (SSSR count). The molecule has 1 aromatic heterocycles. The van der Waals surface area contributed by atoms with Gasteiger partial charge >= 0.3 is 0 Å². The van der Waals surface area contributed by atoms with Crippen molar-refractivity contribution in [3.8, 4) is 11.1 Å². The Morgan fingerprint density at radius 3 is 1.89 bits per heavy atom. The van der Waals surface area contributed by atoms with Crippen LogP contribution in [0.5, 0.6) is 0 Å². The lowest BCUT2D eigenvalue weighted by molar-refractivity contribution is -0.0760. The quantitative estimate of drug-likeness (QED) is 0.174. The fraction of sp³-hybridized carbons (Fsp3) is 0.472. The first-order valence-corrected chi connectivity index (χ1v) is 23.0. The molecule has 0 aliphatic heterocycles.